The maximum atomic E-state index is 13.0. The second-order valence-electron chi connectivity index (χ2n) is 9.32. The van der Waals surface area contributed by atoms with E-state index in [1.54, 1.807) is 29.2 Å². The Morgan fingerprint density at radius 1 is 0.872 bits per heavy atom. The number of hydrogen-bond acceptors (Lipinski definition) is 6. The van der Waals surface area contributed by atoms with Crippen LogP contribution in [0, 0.1) is 0 Å². The van der Waals surface area contributed by atoms with Crippen LogP contribution in [0.4, 0.5) is 5.69 Å². The van der Waals surface area contributed by atoms with Crippen LogP contribution < -0.4 is 15.5 Å². The molecule has 9 heteroatoms. The number of amides is 3. The number of rotatable bonds is 16. The Balaban J connectivity index is 1.85. The number of anilines is 1. The summed E-state index contributed by atoms with van der Waals surface area (Å²) in [5.41, 5.74) is 2.86. The summed E-state index contributed by atoms with van der Waals surface area (Å²) in [6.07, 6.45) is 2.67. The molecule has 0 aliphatic rings. The molecule has 2 aromatic rings. The molecule has 0 heterocycles. The Kier molecular flexibility index (Phi) is 13.7. The standard InChI is InChI=1S/C30H41N3O6/c1-5-22(2)24-9-11-25(12-10-24)29(36)32-18-20-39-21-19-33(28(35)8-6-7-17-31-23(3)34)27-15-13-26(14-16-27)30(37)38-4/h9-16,22H,5-8,17-21H2,1-4H3,(H,31,34)(H,32,36). The molecule has 0 saturated heterocycles. The lowest BCUT2D eigenvalue weighted by atomic mass is 9.97. The minimum absolute atomic E-state index is 0.0821. The molecule has 0 fully saturated rings. The summed E-state index contributed by atoms with van der Waals surface area (Å²) < 4.78 is 10.4. The van der Waals surface area contributed by atoms with Crippen molar-refractivity contribution < 1.29 is 28.7 Å². The zero-order valence-electron chi connectivity index (χ0n) is 23.5. The summed E-state index contributed by atoms with van der Waals surface area (Å²) >= 11 is 0. The van der Waals surface area contributed by atoms with Crippen molar-refractivity contribution in [3.05, 3.63) is 65.2 Å². The van der Waals surface area contributed by atoms with Crippen molar-refractivity contribution >= 4 is 29.4 Å². The molecule has 1 unspecified atom stereocenters. The number of esters is 1. The molecule has 0 aromatic heterocycles. The Hall–Kier alpha value is -3.72. The van der Waals surface area contributed by atoms with E-state index in [0.717, 1.165) is 6.42 Å². The van der Waals surface area contributed by atoms with Gasteiger partial charge in [-0.1, -0.05) is 26.0 Å². The Morgan fingerprint density at radius 2 is 1.54 bits per heavy atom. The summed E-state index contributed by atoms with van der Waals surface area (Å²) in [6.45, 7) is 7.51. The van der Waals surface area contributed by atoms with E-state index >= 15 is 0 Å². The number of benzene rings is 2. The maximum absolute atomic E-state index is 13.0. The number of ether oxygens (including phenoxy) is 2. The van der Waals surface area contributed by atoms with Crippen molar-refractivity contribution in [2.75, 3.05) is 44.9 Å². The van der Waals surface area contributed by atoms with Gasteiger partial charge in [-0.05, 0) is 67.1 Å². The highest BCUT2D eigenvalue weighted by atomic mass is 16.5. The van der Waals surface area contributed by atoms with Gasteiger partial charge in [-0.2, -0.15) is 0 Å². The van der Waals surface area contributed by atoms with Gasteiger partial charge in [0.15, 0.2) is 0 Å². The molecule has 1 atom stereocenters. The number of nitrogens with one attached hydrogen (secondary N) is 2. The van der Waals surface area contributed by atoms with Crippen LogP contribution in [-0.2, 0) is 19.1 Å². The summed E-state index contributed by atoms with van der Waals surface area (Å²) in [5, 5.41) is 5.58. The number of hydrogen-bond donors (Lipinski definition) is 2. The largest absolute Gasteiger partial charge is 0.465 e. The van der Waals surface area contributed by atoms with E-state index in [-0.39, 0.29) is 24.3 Å². The molecule has 2 N–H and O–H groups in total. The number of methoxy groups -OCH3 is 1. The predicted molar refractivity (Wildman–Crippen MR) is 151 cm³/mol. The second kappa shape index (κ2) is 17.0. The zero-order chi connectivity index (χ0) is 28.6. The third-order valence-corrected chi connectivity index (χ3v) is 6.44. The molecule has 2 rings (SSSR count). The highest BCUT2D eigenvalue weighted by Crippen LogP contribution is 2.19. The third-order valence-electron chi connectivity index (χ3n) is 6.44. The maximum Gasteiger partial charge on any atom is 0.337 e. The molecule has 0 aliphatic heterocycles. The van der Waals surface area contributed by atoms with Gasteiger partial charge in [-0.3, -0.25) is 14.4 Å². The van der Waals surface area contributed by atoms with E-state index in [1.165, 1.54) is 19.6 Å². The third kappa shape index (κ3) is 10.9. The van der Waals surface area contributed by atoms with Crippen molar-refractivity contribution in [3.8, 4) is 0 Å². The normalized spacial score (nSPS) is 11.4. The van der Waals surface area contributed by atoms with Gasteiger partial charge in [0.1, 0.15) is 0 Å². The predicted octanol–water partition coefficient (Wildman–Crippen LogP) is 4.07. The summed E-state index contributed by atoms with van der Waals surface area (Å²) in [4.78, 5) is 49.8. The average molecular weight is 540 g/mol. The van der Waals surface area contributed by atoms with Crippen LogP contribution in [0.15, 0.2) is 48.5 Å². The van der Waals surface area contributed by atoms with Crippen LogP contribution in [0.1, 0.15) is 78.7 Å². The first-order chi connectivity index (χ1) is 18.8. The Labute approximate surface area is 231 Å². The molecule has 0 radical (unpaired) electrons. The smallest absolute Gasteiger partial charge is 0.337 e. The lowest BCUT2D eigenvalue weighted by molar-refractivity contribution is -0.119. The zero-order valence-corrected chi connectivity index (χ0v) is 23.5. The molecule has 0 bridgehead atoms. The molecule has 2 aromatic carbocycles. The fourth-order valence-corrected chi connectivity index (χ4v) is 3.89. The van der Waals surface area contributed by atoms with Gasteiger partial charge in [0.05, 0.1) is 25.9 Å². The van der Waals surface area contributed by atoms with Gasteiger partial charge < -0.3 is 25.0 Å². The van der Waals surface area contributed by atoms with Crippen molar-refractivity contribution in [3.63, 3.8) is 0 Å². The molecule has 0 saturated carbocycles. The second-order valence-corrected chi connectivity index (χ2v) is 9.32. The van der Waals surface area contributed by atoms with Crippen molar-refractivity contribution in [1.82, 2.24) is 10.6 Å². The van der Waals surface area contributed by atoms with Crippen LogP contribution in [0.5, 0.6) is 0 Å². The minimum atomic E-state index is -0.450. The number of unbranched alkanes of at least 4 members (excludes halogenated alkanes) is 1. The van der Waals surface area contributed by atoms with E-state index in [2.05, 4.69) is 24.5 Å². The van der Waals surface area contributed by atoms with E-state index in [1.807, 2.05) is 24.3 Å². The van der Waals surface area contributed by atoms with E-state index < -0.39 is 5.97 Å². The van der Waals surface area contributed by atoms with Gasteiger partial charge in [0.25, 0.3) is 5.91 Å². The lowest BCUT2D eigenvalue weighted by Gasteiger charge is -2.23. The number of carbonyl (C=O) groups is 4. The first kappa shape index (κ1) is 31.5. The topological polar surface area (TPSA) is 114 Å². The Bertz CT molecular complexity index is 1070. The van der Waals surface area contributed by atoms with E-state index in [0.29, 0.717) is 68.2 Å². The van der Waals surface area contributed by atoms with E-state index in [9.17, 15) is 19.2 Å². The van der Waals surface area contributed by atoms with Gasteiger partial charge >= 0.3 is 5.97 Å². The number of nitrogens with zero attached hydrogens (tertiary/aromatic N) is 1. The van der Waals surface area contributed by atoms with Crippen LogP contribution in [0.25, 0.3) is 0 Å². The first-order valence-corrected chi connectivity index (χ1v) is 13.5. The SMILES string of the molecule is CCC(C)c1ccc(C(=O)NCCOCCN(C(=O)CCCCNC(C)=O)c2ccc(C(=O)OC)cc2)cc1. The molecule has 39 heavy (non-hydrogen) atoms. The van der Waals surface area contributed by atoms with Crippen LogP contribution in [-0.4, -0.2) is 63.6 Å². The first-order valence-electron chi connectivity index (χ1n) is 13.5. The highest BCUT2D eigenvalue weighted by Gasteiger charge is 2.16. The van der Waals surface area contributed by atoms with Crippen molar-refractivity contribution in [2.24, 2.45) is 0 Å². The van der Waals surface area contributed by atoms with Crippen LogP contribution >= 0.6 is 0 Å². The van der Waals surface area contributed by atoms with Gasteiger partial charge in [-0.25, -0.2) is 4.79 Å². The van der Waals surface area contributed by atoms with Gasteiger partial charge in [0.2, 0.25) is 11.8 Å². The fraction of sp³-hybridized carbons (Fsp3) is 0.467. The molecular formula is C30H41N3O6. The van der Waals surface area contributed by atoms with Gasteiger partial charge in [-0.15, -0.1) is 0 Å². The molecule has 3 amide bonds. The molecule has 0 aliphatic carbocycles. The van der Waals surface area contributed by atoms with Crippen molar-refractivity contribution in [1.29, 1.82) is 0 Å². The van der Waals surface area contributed by atoms with Crippen LogP contribution in [0.3, 0.4) is 0 Å². The van der Waals surface area contributed by atoms with Crippen LogP contribution in [0.2, 0.25) is 0 Å². The summed E-state index contributed by atoms with van der Waals surface area (Å²) in [7, 11) is 1.32. The fourth-order valence-electron chi connectivity index (χ4n) is 3.89. The molecule has 0 spiro atoms. The minimum Gasteiger partial charge on any atom is -0.465 e. The quantitative estimate of drug-likeness (QED) is 0.246. The van der Waals surface area contributed by atoms with Gasteiger partial charge in [0, 0.05) is 44.2 Å². The van der Waals surface area contributed by atoms with Crippen molar-refractivity contribution in [2.45, 2.75) is 52.4 Å². The average Bonchev–Trinajstić information content (AvgIpc) is 2.95. The van der Waals surface area contributed by atoms with E-state index in [4.69, 9.17) is 9.47 Å². The number of carbonyl (C=O) groups excluding carboxylic acids is 4. The Morgan fingerprint density at radius 3 is 2.15 bits per heavy atom. The highest BCUT2D eigenvalue weighted by molar-refractivity contribution is 5.95. The molecule has 9 nitrogen and oxygen atoms in total. The summed E-state index contributed by atoms with van der Waals surface area (Å²) in [6, 6.07) is 14.3. The lowest BCUT2D eigenvalue weighted by Crippen LogP contribution is -2.35. The molecular weight excluding hydrogens is 498 g/mol. The monoisotopic (exact) mass is 539 g/mol. The molecule has 212 valence electrons. The summed E-state index contributed by atoms with van der Waals surface area (Å²) in [5.74, 6) is -0.329.